The summed E-state index contributed by atoms with van der Waals surface area (Å²) in [6, 6.07) is 13.4. The van der Waals surface area contributed by atoms with Crippen LogP contribution in [0.4, 0.5) is 5.69 Å². The molecule has 1 aliphatic heterocycles. The normalized spacial score (nSPS) is 14.9. The van der Waals surface area contributed by atoms with E-state index in [0.29, 0.717) is 31.3 Å². The van der Waals surface area contributed by atoms with E-state index in [1.165, 1.54) is 29.6 Å². The van der Waals surface area contributed by atoms with E-state index in [4.69, 9.17) is 18.9 Å². The lowest BCUT2D eigenvalue weighted by atomic mass is 10.2. The number of para-hydroxylation sites is 1. The van der Waals surface area contributed by atoms with Gasteiger partial charge >= 0.3 is 0 Å². The third-order valence-corrected chi connectivity index (χ3v) is 6.36. The second-order valence-electron chi connectivity index (χ2n) is 6.68. The van der Waals surface area contributed by atoms with Crippen molar-refractivity contribution in [2.75, 3.05) is 58.6 Å². The van der Waals surface area contributed by atoms with Crippen LogP contribution in [0.3, 0.4) is 0 Å². The Morgan fingerprint density at radius 1 is 1.10 bits per heavy atom. The Balaban J connectivity index is 1.83. The molecule has 1 saturated heterocycles. The lowest BCUT2D eigenvalue weighted by molar-refractivity contribution is -0.121. The lowest BCUT2D eigenvalue weighted by Gasteiger charge is -2.26. The summed E-state index contributed by atoms with van der Waals surface area (Å²) in [7, 11) is -2.20. The van der Waals surface area contributed by atoms with Crippen LogP contribution in [0.5, 0.6) is 11.5 Å². The molecular weight excluding hydrogens is 424 g/mol. The summed E-state index contributed by atoms with van der Waals surface area (Å²) in [6.07, 6.45) is 0. The molecule has 0 saturated carbocycles. The number of morpholine rings is 1. The number of sulfonamides is 1. The number of carbonyl (C=O) groups is 1. The summed E-state index contributed by atoms with van der Waals surface area (Å²) < 4.78 is 48.6. The van der Waals surface area contributed by atoms with E-state index in [1.807, 2.05) is 18.2 Å². The standard InChI is InChI=1S/C21H26N2O7S/c1-27-13-14-29-16-21(24)22-19-15-18(31(25,26)23-9-11-28-12-10-23)7-8-20(19)30-17-5-3-2-4-6-17/h2-8,15H,9-14,16H2,1H3,(H,22,24). The fourth-order valence-corrected chi connectivity index (χ4v) is 4.34. The van der Waals surface area contributed by atoms with E-state index in [2.05, 4.69) is 5.32 Å². The molecule has 0 spiro atoms. The van der Waals surface area contributed by atoms with Crippen LogP contribution in [0.25, 0.3) is 0 Å². The minimum absolute atomic E-state index is 0.0606. The number of amides is 1. The van der Waals surface area contributed by atoms with Crippen molar-refractivity contribution in [3.8, 4) is 11.5 Å². The Hall–Kier alpha value is -2.50. The molecular formula is C21H26N2O7S. The quantitative estimate of drug-likeness (QED) is 0.553. The van der Waals surface area contributed by atoms with Crippen molar-refractivity contribution in [1.29, 1.82) is 0 Å². The van der Waals surface area contributed by atoms with Crippen molar-refractivity contribution >= 4 is 21.6 Å². The topological polar surface area (TPSA) is 103 Å². The second kappa shape index (κ2) is 11.2. The van der Waals surface area contributed by atoms with Crippen LogP contribution < -0.4 is 10.1 Å². The van der Waals surface area contributed by atoms with Crippen LogP contribution >= 0.6 is 0 Å². The Labute approximate surface area is 181 Å². The minimum atomic E-state index is -3.74. The van der Waals surface area contributed by atoms with E-state index >= 15 is 0 Å². The van der Waals surface area contributed by atoms with Gasteiger partial charge < -0.3 is 24.3 Å². The molecule has 1 fully saturated rings. The zero-order chi connectivity index (χ0) is 22.1. The van der Waals surface area contributed by atoms with Gasteiger partial charge in [0, 0.05) is 20.2 Å². The Kier molecular flexibility index (Phi) is 8.38. The average Bonchev–Trinajstić information content (AvgIpc) is 2.79. The van der Waals surface area contributed by atoms with Gasteiger partial charge in [-0.15, -0.1) is 0 Å². The van der Waals surface area contributed by atoms with Crippen molar-refractivity contribution in [1.82, 2.24) is 4.31 Å². The molecule has 10 heteroatoms. The summed E-state index contributed by atoms with van der Waals surface area (Å²) in [6.45, 7) is 1.67. The number of hydrogen-bond acceptors (Lipinski definition) is 7. The minimum Gasteiger partial charge on any atom is -0.455 e. The highest BCUT2D eigenvalue weighted by Gasteiger charge is 2.27. The first kappa shape index (κ1) is 23.2. The van der Waals surface area contributed by atoms with Crippen molar-refractivity contribution in [2.45, 2.75) is 4.90 Å². The van der Waals surface area contributed by atoms with Gasteiger partial charge in [0.1, 0.15) is 12.4 Å². The number of ether oxygens (including phenoxy) is 4. The summed E-state index contributed by atoms with van der Waals surface area (Å²) in [4.78, 5) is 12.4. The van der Waals surface area contributed by atoms with Gasteiger partial charge in [-0.25, -0.2) is 8.42 Å². The van der Waals surface area contributed by atoms with Crippen LogP contribution in [0, 0.1) is 0 Å². The Morgan fingerprint density at radius 3 is 2.55 bits per heavy atom. The highest BCUT2D eigenvalue weighted by atomic mass is 32.2. The van der Waals surface area contributed by atoms with Gasteiger partial charge in [0.15, 0.2) is 5.75 Å². The summed E-state index contributed by atoms with van der Waals surface area (Å²) >= 11 is 0. The van der Waals surface area contributed by atoms with Gasteiger partial charge in [-0.3, -0.25) is 4.79 Å². The molecule has 168 valence electrons. The monoisotopic (exact) mass is 450 g/mol. The van der Waals surface area contributed by atoms with Crippen molar-refractivity contribution in [2.24, 2.45) is 0 Å². The van der Waals surface area contributed by atoms with Crippen LogP contribution in [0.15, 0.2) is 53.4 Å². The zero-order valence-electron chi connectivity index (χ0n) is 17.3. The van der Waals surface area contributed by atoms with Gasteiger partial charge in [0.2, 0.25) is 15.9 Å². The number of nitrogens with one attached hydrogen (secondary N) is 1. The number of rotatable bonds is 10. The zero-order valence-corrected chi connectivity index (χ0v) is 18.1. The molecule has 0 aromatic heterocycles. The van der Waals surface area contributed by atoms with E-state index in [0.717, 1.165) is 0 Å². The molecule has 3 rings (SSSR count). The Bertz CT molecular complexity index is 961. The van der Waals surface area contributed by atoms with Crippen LogP contribution in [0.2, 0.25) is 0 Å². The first-order chi connectivity index (χ1) is 15.0. The van der Waals surface area contributed by atoms with E-state index in [9.17, 15) is 13.2 Å². The molecule has 31 heavy (non-hydrogen) atoms. The van der Waals surface area contributed by atoms with Gasteiger partial charge in [-0.05, 0) is 30.3 Å². The molecule has 2 aromatic carbocycles. The average molecular weight is 451 g/mol. The van der Waals surface area contributed by atoms with E-state index < -0.39 is 15.9 Å². The number of carbonyl (C=O) groups excluding carboxylic acids is 1. The lowest BCUT2D eigenvalue weighted by Crippen LogP contribution is -2.40. The third-order valence-electron chi connectivity index (χ3n) is 4.47. The fraction of sp³-hybridized carbons (Fsp3) is 0.381. The van der Waals surface area contributed by atoms with Crippen LogP contribution in [-0.4, -0.2) is 71.9 Å². The fourth-order valence-electron chi connectivity index (χ4n) is 2.90. The van der Waals surface area contributed by atoms with Gasteiger partial charge in [0.05, 0.1) is 37.0 Å². The van der Waals surface area contributed by atoms with Crippen molar-refractivity contribution in [3.05, 3.63) is 48.5 Å². The van der Waals surface area contributed by atoms with E-state index in [1.54, 1.807) is 12.1 Å². The number of benzene rings is 2. The number of hydrogen-bond donors (Lipinski definition) is 1. The predicted octanol–water partition coefficient (Wildman–Crippen LogP) is 2.10. The molecule has 0 atom stereocenters. The van der Waals surface area contributed by atoms with Crippen LogP contribution in [-0.2, 0) is 29.0 Å². The molecule has 0 radical (unpaired) electrons. The first-order valence-electron chi connectivity index (χ1n) is 9.82. The molecule has 0 unspecified atom stereocenters. The van der Waals surface area contributed by atoms with Gasteiger partial charge in [-0.1, -0.05) is 18.2 Å². The summed E-state index contributed by atoms with van der Waals surface area (Å²) in [5.41, 5.74) is 0.235. The second-order valence-corrected chi connectivity index (χ2v) is 8.62. The summed E-state index contributed by atoms with van der Waals surface area (Å²) in [5.74, 6) is 0.436. The molecule has 1 heterocycles. The highest BCUT2D eigenvalue weighted by molar-refractivity contribution is 7.89. The maximum Gasteiger partial charge on any atom is 0.250 e. The molecule has 1 N–H and O–H groups in total. The Morgan fingerprint density at radius 2 is 1.84 bits per heavy atom. The molecule has 1 amide bonds. The van der Waals surface area contributed by atoms with Crippen molar-refractivity contribution < 1.29 is 32.2 Å². The summed E-state index contributed by atoms with van der Waals surface area (Å²) in [5, 5.41) is 2.69. The van der Waals surface area contributed by atoms with Gasteiger partial charge in [-0.2, -0.15) is 4.31 Å². The predicted molar refractivity (Wildman–Crippen MR) is 114 cm³/mol. The molecule has 2 aromatic rings. The number of anilines is 1. The van der Waals surface area contributed by atoms with Crippen LogP contribution in [0.1, 0.15) is 0 Å². The maximum atomic E-state index is 13.0. The molecule has 0 aliphatic carbocycles. The molecule has 1 aliphatic rings. The number of nitrogens with zero attached hydrogens (tertiary/aromatic N) is 1. The third kappa shape index (κ3) is 6.49. The van der Waals surface area contributed by atoms with E-state index in [-0.39, 0.29) is 36.9 Å². The first-order valence-corrected chi connectivity index (χ1v) is 11.3. The van der Waals surface area contributed by atoms with Gasteiger partial charge in [0.25, 0.3) is 0 Å². The number of methoxy groups -OCH3 is 1. The largest absolute Gasteiger partial charge is 0.455 e. The van der Waals surface area contributed by atoms with Crippen molar-refractivity contribution in [3.63, 3.8) is 0 Å². The smallest absolute Gasteiger partial charge is 0.250 e. The molecule has 0 bridgehead atoms. The highest BCUT2D eigenvalue weighted by Crippen LogP contribution is 2.33. The maximum absolute atomic E-state index is 13.0. The SMILES string of the molecule is COCCOCC(=O)Nc1cc(S(=O)(=O)N2CCOCC2)ccc1Oc1ccccc1. The molecule has 9 nitrogen and oxygen atoms in total.